The Morgan fingerprint density at radius 3 is 2.40 bits per heavy atom. The zero-order valence-electron chi connectivity index (χ0n) is 6.93. The smallest absolute Gasteiger partial charge is 0.00769 e. The Hall–Kier alpha value is -0.120. The highest BCUT2D eigenvalue weighted by atomic mass is 14.9. The summed E-state index contributed by atoms with van der Waals surface area (Å²) < 4.78 is 0. The third-order valence-corrected chi connectivity index (χ3v) is 1.36. The molecule has 10 heavy (non-hydrogen) atoms. The molecule has 0 heterocycles. The highest BCUT2D eigenvalue weighted by molar-refractivity contribution is 4.65. The molecule has 0 spiro atoms. The van der Waals surface area contributed by atoms with Crippen LogP contribution in [0.1, 0.15) is 20.3 Å². The molecule has 0 aromatic carbocycles. The van der Waals surface area contributed by atoms with Gasteiger partial charge in [0.05, 0.1) is 0 Å². The van der Waals surface area contributed by atoms with Crippen molar-refractivity contribution in [3.05, 3.63) is 0 Å². The first kappa shape index (κ1) is 9.88. The van der Waals surface area contributed by atoms with Crippen molar-refractivity contribution < 1.29 is 0 Å². The molecule has 0 fully saturated rings. The SMILES string of the molecule is CC(N)CC(C)NCCN. The van der Waals surface area contributed by atoms with Gasteiger partial charge in [-0.05, 0) is 20.3 Å². The number of rotatable bonds is 5. The topological polar surface area (TPSA) is 64.1 Å². The molecule has 0 aliphatic rings. The second kappa shape index (κ2) is 5.65. The third-order valence-electron chi connectivity index (χ3n) is 1.36. The Labute approximate surface area is 63.2 Å². The lowest BCUT2D eigenvalue weighted by Crippen LogP contribution is -2.35. The minimum atomic E-state index is 0.278. The van der Waals surface area contributed by atoms with Gasteiger partial charge in [0, 0.05) is 25.2 Å². The predicted octanol–water partition coefficient (Wildman–Crippen LogP) is -0.339. The van der Waals surface area contributed by atoms with E-state index < -0.39 is 0 Å². The van der Waals surface area contributed by atoms with E-state index in [9.17, 15) is 0 Å². The van der Waals surface area contributed by atoms with Crippen LogP contribution in [0, 0.1) is 0 Å². The summed E-state index contributed by atoms with van der Waals surface area (Å²) in [6.45, 7) is 5.72. The second-order valence-electron chi connectivity index (χ2n) is 2.86. The Bertz CT molecular complexity index is 73.3. The van der Waals surface area contributed by atoms with E-state index in [4.69, 9.17) is 11.5 Å². The summed E-state index contributed by atoms with van der Waals surface area (Å²) >= 11 is 0. The van der Waals surface area contributed by atoms with Crippen molar-refractivity contribution in [1.29, 1.82) is 0 Å². The Balaban J connectivity index is 3.16. The quantitative estimate of drug-likeness (QED) is 0.496. The van der Waals surface area contributed by atoms with E-state index in [1.807, 2.05) is 6.92 Å². The lowest BCUT2D eigenvalue weighted by molar-refractivity contribution is 0.483. The van der Waals surface area contributed by atoms with Gasteiger partial charge in [-0.15, -0.1) is 0 Å². The molecule has 0 rings (SSSR count). The van der Waals surface area contributed by atoms with Crippen LogP contribution in [0.4, 0.5) is 0 Å². The molecule has 0 aromatic rings. The van der Waals surface area contributed by atoms with Crippen LogP contribution in [0.3, 0.4) is 0 Å². The van der Waals surface area contributed by atoms with Crippen molar-refractivity contribution in [3.8, 4) is 0 Å². The molecule has 5 N–H and O–H groups in total. The highest BCUT2D eigenvalue weighted by Crippen LogP contribution is 1.92. The molecule has 0 saturated heterocycles. The van der Waals surface area contributed by atoms with E-state index >= 15 is 0 Å². The molecule has 0 aromatic heterocycles. The first-order chi connectivity index (χ1) is 4.66. The summed E-state index contributed by atoms with van der Waals surface area (Å²) in [4.78, 5) is 0. The highest BCUT2D eigenvalue weighted by Gasteiger charge is 2.02. The first-order valence-electron chi connectivity index (χ1n) is 3.86. The molecule has 62 valence electrons. The summed E-state index contributed by atoms with van der Waals surface area (Å²) in [7, 11) is 0. The number of nitrogens with two attached hydrogens (primary N) is 2. The average molecular weight is 145 g/mol. The molecule has 0 bridgehead atoms. The van der Waals surface area contributed by atoms with Crippen LogP contribution in [-0.2, 0) is 0 Å². The van der Waals surface area contributed by atoms with Gasteiger partial charge in [-0.1, -0.05) is 0 Å². The summed E-state index contributed by atoms with van der Waals surface area (Å²) in [6, 6.07) is 0.767. The zero-order chi connectivity index (χ0) is 7.98. The van der Waals surface area contributed by atoms with E-state index in [0.717, 1.165) is 13.0 Å². The van der Waals surface area contributed by atoms with Gasteiger partial charge >= 0.3 is 0 Å². The molecule has 0 aliphatic carbocycles. The molecule has 0 saturated carbocycles. The van der Waals surface area contributed by atoms with Crippen LogP contribution in [0.15, 0.2) is 0 Å². The van der Waals surface area contributed by atoms with E-state index in [1.54, 1.807) is 0 Å². The standard InChI is InChI=1S/C7H19N3/c1-6(9)5-7(2)10-4-3-8/h6-7,10H,3-5,8-9H2,1-2H3. The maximum atomic E-state index is 5.59. The van der Waals surface area contributed by atoms with Crippen molar-refractivity contribution in [1.82, 2.24) is 5.32 Å². The van der Waals surface area contributed by atoms with Crippen molar-refractivity contribution in [2.75, 3.05) is 13.1 Å². The fourth-order valence-electron chi connectivity index (χ4n) is 0.971. The number of nitrogens with one attached hydrogen (secondary N) is 1. The van der Waals surface area contributed by atoms with E-state index in [0.29, 0.717) is 12.6 Å². The van der Waals surface area contributed by atoms with Crippen molar-refractivity contribution in [2.24, 2.45) is 11.5 Å². The lowest BCUT2D eigenvalue weighted by Gasteiger charge is -2.14. The monoisotopic (exact) mass is 145 g/mol. The van der Waals surface area contributed by atoms with Gasteiger partial charge in [0.2, 0.25) is 0 Å². The van der Waals surface area contributed by atoms with Crippen LogP contribution in [0.2, 0.25) is 0 Å². The third kappa shape index (κ3) is 6.01. The van der Waals surface area contributed by atoms with Gasteiger partial charge in [-0.3, -0.25) is 0 Å². The van der Waals surface area contributed by atoms with Gasteiger partial charge in [0.15, 0.2) is 0 Å². The van der Waals surface area contributed by atoms with Crippen LogP contribution in [0.25, 0.3) is 0 Å². The first-order valence-corrected chi connectivity index (χ1v) is 3.86. The van der Waals surface area contributed by atoms with Crippen molar-refractivity contribution >= 4 is 0 Å². The summed E-state index contributed by atoms with van der Waals surface area (Å²) in [5.74, 6) is 0. The van der Waals surface area contributed by atoms with Crippen LogP contribution in [-0.4, -0.2) is 25.2 Å². The Morgan fingerprint density at radius 1 is 1.40 bits per heavy atom. The number of hydrogen-bond acceptors (Lipinski definition) is 3. The lowest BCUT2D eigenvalue weighted by atomic mass is 10.1. The Morgan fingerprint density at radius 2 is 2.00 bits per heavy atom. The minimum absolute atomic E-state index is 0.278. The Kier molecular flexibility index (Phi) is 5.58. The molecular formula is C7H19N3. The molecular weight excluding hydrogens is 126 g/mol. The number of hydrogen-bond donors (Lipinski definition) is 3. The largest absolute Gasteiger partial charge is 0.329 e. The average Bonchev–Trinajstić information content (AvgIpc) is 1.82. The van der Waals surface area contributed by atoms with E-state index in [-0.39, 0.29) is 6.04 Å². The fraction of sp³-hybridized carbons (Fsp3) is 1.00. The fourth-order valence-corrected chi connectivity index (χ4v) is 0.971. The summed E-state index contributed by atoms with van der Waals surface area (Å²) in [5, 5.41) is 3.26. The van der Waals surface area contributed by atoms with Gasteiger partial charge in [-0.25, -0.2) is 0 Å². The van der Waals surface area contributed by atoms with Gasteiger partial charge in [0.25, 0.3) is 0 Å². The summed E-state index contributed by atoms with van der Waals surface area (Å²) in [5.41, 5.74) is 10.9. The summed E-state index contributed by atoms with van der Waals surface area (Å²) in [6.07, 6.45) is 1.01. The molecule has 3 heteroatoms. The van der Waals surface area contributed by atoms with Crippen molar-refractivity contribution in [2.45, 2.75) is 32.4 Å². The maximum Gasteiger partial charge on any atom is 0.00769 e. The normalized spacial score (nSPS) is 16.8. The zero-order valence-corrected chi connectivity index (χ0v) is 6.93. The molecule has 2 atom stereocenters. The second-order valence-corrected chi connectivity index (χ2v) is 2.86. The van der Waals surface area contributed by atoms with Crippen LogP contribution < -0.4 is 16.8 Å². The van der Waals surface area contributed by atoms with E-state index in [1.165, 1.54) is 0 Å². The molecule has 2 unspecified atom stereocenters. The molecule has 0 radical (unpaired) electrons. The maximum absolute atomic E-state index is 5.59. The van der Waals surface area contributed by atoms with Gasteiger partial charge in [-0.2, -0.15) is 0 Å². The van der Waals surface area contributed by atoms with Crippen molar-refractivity contribution in [3.63, 3.8) is 0 Å². The molecule has 0 amide bonds. The van der Waals surface area contributed by atoms with Gasteiger partial charge < -0.3 is 16.8 Å². The molecule has 3 nitrogen and oxygen atoms in total. The van der Waals surface area contributed by atoms with E-state index in [2.05, 4.69) is 12.2 Å². The van der Waals surface area contributed by atoms with Gasteiger partial charge in [0.1, 0.15) is 0 Å². The van der Waals surface area contributed by atoms with Crippen LogP contribution in [0.5, 0.6) is 0 Å². The van der Waals surface area contributed by atoms with Crippen LogP contribution >= 0.6 is 0 Å². The molecule has 0 aliphatic heterocycles. The predicted molar refractivity (Wildman–Crippen MR) is 44.8 cm³/mol. The minimum Gasteiger partial charge on any atom is -0.329 e.